The third kappa shape index (κ3) is 9.57. The van der Waals surface area contributed by atoms with Gasteiger partial charge in [0, 0.05) is 62.3 Å². The number of aromatic nitrogens is 4. The molecular formula is C34H44N8O2S. The summed E-state index contributed by atoms with van der Waals surface area (Å²) < 4.78 is 8.19. The molecule has 0 spiro atoms. The fraction of sp³-hybridized carbons (Fsp3) is 0.471. The summed E-state index contributed by atoms with van der Waals surface area (Å²) in [4.78, 5) is 21.4. The number of allylic oxidation sites excluding steroid dienone is 1. The fourth-order valence-corrected chi connectivity index (χ4v) is 6.55. The summed E-state index contributed by atoms with van der Waals surface area (Å²) in [6.07, 6.45) is 11.5. The molecule has 0 radical (unpaired) electrons. The lowest BCUT2D eigenvalue weighted by Gasteiger charge is -2.36. The van der Waals surface area contributed by atoms with Crippen LogP contribution in [0, 0.1) is 18.8 Å². The van der Waals surface area contributed by atoms with Gasteiger partial charge in [0.05, 0.1) is 18.4 Å². The highest BCUT2D eigenvalue weighted by Crippen LogP contribution is 2.31. The number of carbonyl (C=O) groups excluding carboxylic acids is 1. The summed E-state index contributed by atoms with van der Waals surface area (Å²) in [5, 5.41) is 16.0. The van der Waals surface area contributed by atoms with Crippen LogP contribution < -0.4 is 15.4 Å². The number of nitrogens with one attached hydrogen (secondary N) is 2. The Balaban J connectivity index is 1.09. The second-order valence-corrected chi connectivity index (χ2v) is 12.8. The van der Waals surface area contributed by atoms with E-state index in [9.17, 15) is 4.79 Å². The van der Waals surface area contributed by atoms with E-state index >= 15 is 0 Å². The first-order chi connectivity index (χ1) is 22.0. The van der Waals surface area contributed by atoms with Gasteiger partial charge in [-0.25, -0.2) is 4.79 Å². The van der Waals surface area contributed by atoms with Crippen molar-refractivity contribution >= 4 is 17.8 Å². The molecule has 1 unspecified atom stereocenters. The SMILES string of the molecule is Cc1cc(OCc2nnc(SC3C=CCCC3)n2-c2cccnc2)ccc1C#CCNC(=O)NCCN1CCN(C(C)C)CC1. The average molecular weight is 629 g/mol. The number of pyridine rings is 1. The number of amides is 2. The van der Waals surface area contributed by atoms with Crippen molar-refractivity contribution in [1.29, 1.82) is 0 Å². The third-order valence-electron chi connectivity index (χ3n) is 8.05. The third-order valence-corrected chi connectivity index (χ3v) is 9.22. The number of hydrogen-bond acceptors (Lipinski definition) is 8. The summed E-state index contributed by atoms with van der Waals surface area (Å²) in [5.41, 5.74) is 2.80. The fourth-order valence-electron chi connectivity index (χ4n) is 5.40. The average Bonchev–Trinajstić information content (AvgIpc) is 3.46. The summed E-state index contributed by atoms with van der Waals surface area (Å²) in [7, 11) is 0. The van der Waals surface area contributed by atoms with E-state index in [1.807, 2.05) is 48.0 Å². The van der Waals surface area contributed by atoms with Gasteiger partial charge in [-0.2, -0.15) is 0 Å². The van der Waals surface area contributed by atoms with Crippen LogP contribution in [-0.2, 0) is 6.61 Å². The molecule has 238 valence electrons. The van der Waals surface area contributed by atoms with Crippen molar-refractivity contribution < 1.29 is 9.53 Å². The van der Waals surface area contributed by atoms with Gasteiger partial charge in [0.2, 0.25) is 0 Å². The van der Waals surface area contributed by atoms with Crippen molar-refractivity contribution in [1.82, 2.24) is 40.2 Å². The van der Waals surface area contributed by atoms with E-state index in [0.717, 1.165) is 73.3 Å². The van der Waals surface area contributed by atoms with Crippen LogP contribution >= 0.6 is 11.8 Å². The number of piperazine rings is 1. The molecule has 1 aromatic carbocycles. The van der Waals surface area contributed by atoms with Gasteiger partial charge in [-0.05, 0) is 75.9 Å². The zero-order chi connectivity index (χ0) is 31.4. The first-order valence-electron chi connectivity index (χ1n) is 15.8. The first kappa shape index (κ1) is 32.5. The number of urea groups is 1. The van der Waals surface area contributed by atoms with Crippen molar-refractivity contribution in [3.8, 4) is 23.3 Å². The Morgan fingerprint density at radius 3 is 2.76 bits per heavy atom. The van der Waals surface area contributed by atoms with Crippen LogP contribution in [0.2, 0.25) is 0 Å². The Hall–Kier alpha value is -3.85. The Labute approximate surface area is 271 Å². The second kappa shape index (κ2) is 16.5. The minimum Gasteiger partial charge on any atom is -0.486 e. The molecule has 1 fully saturated rings. The second-order valence-electron chi connectivity index (χ2n) is 11.6. The van der Waals surface area contributed by atoms with Crippen molar-refractivity contribution in [2.24, 2.45) is 0 Å². The molecule has 0 saturated carbocycles. The van der Waals surface area contributed by atoms with E-state index < -0.39 is 0 Å². The van der Waals surface area contributed by atoms with Crippen molar-refractivity contribution in [3.63, 3.8) is 0 Å². The predicted molar refractivity (Wildman–Crippen MR) is 179 cm³/mol. The molecule has 5 rings (SSSR count). The number of aryl methyl sites for hydroxylation is 1. The quantitative estimate of drug-likeness (QED) is 0.238. The molecule has 11 heteroatoms. The molecule has 2 amide bonds. The maximum Gasteiger partial charge on any atom is 0.315 e. The van der Waals surface area contributed by atoms with Gasteiger partial charge in [0.1, 0.15) is 12.4 Å². The summed E-state index contributed by atoms with van der Waals surface area (Å²) >= 11 is 1.72. The molecule has 10 nitrogen and oxygen atoms in total. The van der Waals surface area contributed by atoms with Crippen LogP contribution in [0.4, 0.5) is 4.79 Å². The zero-order valence-corrected chi connectivity index (χ0v) is 27.4. The Morgan fingerprint density at radius 2 is 2.02 bits per heavy atom. The first-order valence-corrected chi connectivity index (χ1v) is 16.7. The number of thioether (sulfide) groups is 1. The Kier molecular flexibility index (Phi) is 11.9. The van der Waals surface area contributed by atoms with Crippen LogP contribution in [0.25, 0.3) is 5.69 Å². The molecule has 1 aliphatic carbocycles. The smallest absolute Gasteiger partial charge is 0.315 e. The van der Waals surface area contributed by atoms with Gasteiger partial charge in [-0.15, -0.1) is 10.2 Å². The van der Waals surface area contributed by atoms with Gasteiger partial charge in [0.15, 0.2) is 11.0 Å². The Morgan fingerprint density at radius 1 is 1.16 bits per heavy atom. The standard InChI is InChI=1S/C34H44N8O2S/c1-26(2)41-21-19-40(20-22-41)18-17-37-33(43)36-16-7-9-28-13-14-30(23-27(28)3)44-25-32-38-39-34(45-31-11-5-4-6-12-31)42(32)29-10-8-15-35-24-29/h5,8,10-11,13-15,23-24,26,31H,4,6,12,16-22,25H2,1-3H3,(H2,36,37,43). The molecule has 3 aromatic rings. The molecule has 2 N–H and O–H groups in total. The number of ether oxygens (including phenoxy) is 1. The monoisotopic (exact) mass is 628 g/mol. The van der Waals surface area contributed by atoms with E-state index in [1.54, 1.807) is 18.0 Å². The van der Waals surface area contributed by atoms with Crippen molar-refractivity contribution in [2.75, 3.05) is 45.8 Å². The van der Waals surface area contributed by atoms with Crippen LogP contribution in [0.3, 0.4) is 0 Å². The van der Waals surface area contributed by atoms with Gasteiger partial charge in [-0.1, -0.05) is 35.8 Å². The number of benzene rings is 1. The summed E-state index contributed by atoms with van der Waals surface area (Å²) in [6, 6.07) is 10.1. The zero-order valence-electron chi connectivity index (χ0n) is 26.5. The van der Waals surface area contributed by atoms with Crippen LogP contribution in [0.5, 0.6) is 5.75 Å². The highest BCUT2D eigenvalue weighted by atomic mass is 32.2. The minimum atomic E-state index is -0.193. The minimum absolute atomic E-state index is 0.193. The van der Waals surface area contributed by atoms with Crippen molar-refractivity contribution in [3.05, 3.63) is 71.8 Å². The Bertz CT molecular complexity index is 1490. The maximum absolute atomic E-state index is 12.2. The molecule has 3 heterocycles. The van der Waals surface area contributed by atoms with E-state index in [0.29, 0.717) is 23.7 Å². The van der Waals surface area contributed by atoms with E-state index in [4.69, 9.17) is 4.74 Å². The van der Waals surface area contributed by atoms with E-state index in [1.165, 1.54) is 6.42 Å². The molecule has 1 aliphatic heterocycles. The molecule has 2 aliphatic rings. The van der Waals surface area contributed by atoms with E-state index in [-0.39, 0.29) is 19.2 Å². The normalized spacial score (nSPS) is 17.1. The lowest BCUT2D eigenvalue weighted by atomic mass is 10.1. The number of carbonyl (C=O) groups is 1. The topological polar surface area (TPSA) is 100 Å². The molecule has 45 heavy (non-hydrogen) atoms. The highest BCUT2D eigenvalue weighted by Gasteiger charge is 2.20. The van der Waals surface area contributed by atoms with Gasteiger partial charge >= 0.3 is 6.03 Å². The summed E-state index contributed by atoms with van der Waals surface area (Å²) in [6.45, 7) is 12.8. The number of hydrogen-bond donors (Lipinski definition) is 2. The number of nitrogens with zero attached hydrogens (tertiary/aromatic N) is 6. The lowest BCUT2D eigenvalue weighted by molar-refractivity contribution is 0.109. The van der Waals surface area contributed by atoms with Gasteiger partial charge in [0.25, 0.3) is 0 Å². The number of rotatable bonds is 11. The predicted octanol–water partition coefficient (Wildman–Crippen LogP) is 4.43. The lowest BCUT2D eigenvalue weighted by Crippen LogP contribution is -2.50. The highest BCUT2D eigenvalue weighted by molar-refractivity contribution is 7.99. The van der Waals surface area contributed by atoms with Crippen molar-refractivity contribution in [2.45, 2.75) is 63.1 Å². The van der Waals surface area contributed by atoms with Gasteiger partial charge < -0.3 is 15.4 Å². The van der Waals surface area contributed by atoms with Crippen LogP contribution in [0.1, 0.15) is 50.1 Å². The van der Waals surface area contributed by atoms with E-state index in [2.05, 4.69) is 73.5 Å². The van der Waals surface area contributed by atoms with Crippen LogP contribution in [0.15, 0.2) is 60.0 Å². The summed E-state index contributed by atoms with van der Waals surface area (Å²) in [5.74, 6) is 7.66. The maximum atomic E-state index is 12.2. The molecule has 2 aromatic heterocycles. The molecule has 1 atom stereocenters. The largest absolute Gasteiger partial charge is 0.486 e. The molecular weight excluding hydrogens is 584 g/mol. The molecule has 1 saturated heterocycles. The van der Waals surface area contributed by atoms with Gasteiger partial charge in [-0.3, -0.25) is 19.4 Å². The van der Waals surface area contributed by atoms with Crippen LogP contribution in [-0.4, -0.2) is 92.7 Å². The molecule has 0 bridgehead atoms.